The standard InChI is InChI=1S/C18H15ClFNO3/c1-10-13(7-18(23)24)14-6-17(22)15(20)8-16(14)21(10)9-11-2-4-12(19)5-3-11/h2-6,8,22H,7,9H2,1H3,(H,23,24). The van der Waals surface area contributed by atoms with Crippen LogP contribution in [0, 0.1) is 12.7 Å². The molecule has 6 heteroatoms. The van der Waals surface area contributed by atoms with Crippen molar-refractivity contribution in [1.29, 1.82) is 0 Å². The molecule has 4 nitrogen and oxygen atoms in total. The Labute approximate surface area is 142 Å². The van der Waals surface area contributed by atoms with Gasteiger partial charge in [0.1, 0.15) is 0 Å². The highest BCUT2D eigenvalue weighted by molar-refractivity contribution is 6.30. The molecule has 0 saturated carbocycles. The molecule has 2 N–H and O–H groups in total. The van der Waals surface area contributed by atoms with Gasteiger partial charge < -0.3 is 14.8 Å². The van der Waals surface area contributed by atoms with Gasteiger partial charge in [-0.3, -0.25) is 4.79 Å². The lowest BCUT2D eigenvalue weighted by Crippen LogP contribution is -2.05. The number of benzene rings is 2. The Morgan fingerprint density at radius 1 is 1.25 bits per heavy atom. The fourth-order valence-electron chi connectivity index (χ4n) is 2.91. The largest absolute Gasteiger partial charge is 0.505 e. The SMILES string of the molecule is Cc1c(CC(=O)O)c2cc(O)c(F)cc2n1Cc1ccc(Cl)cc1. The molecule has 0 fully saturated rings. The average molecular weight is 348 g/mol. The van der Waals surface area contributed by atoms with Gasteiger partial charge in [-0.25, -0.2) is 4.39 Å². The zero-order chi connectivity index (χ0) is 17.4. The first-order valence-electron chi connectivity index (χ1n) is 7.33. The van der Waals surface area contributed by atoms with E-state index < -0.39 is 17.5 Å². The van der Waals surface area contributed by atoms with E-state index in [9.17, 15) is 14.3 Å². The molecule has 1 heterocycles. The van der Waals surface area contributed by atoms with Crippen LogP contribution in [0.3, 0.4) is 0 Å². The highest BCUT2D eigenvalue weighted by atomic mass is 35.5. The van der Waals surface area contributed by atoms with E-state index in [4.69, 9.17) is 16.7 Å². The smallest absolute Gasteiger partial charge is 0.307 e. The molecule has 0 saturated heterocycles. The van der Waals surface area contributed by atoms with Crippen LogP contribution in [0.5, 0.6) is 5.75 Å². The fraction of sp³-hybridized carbons (Fsp3) is 0.167. The Hall–Kier alpha value is -2.53. The number of nitrogens with zero attached hydrogens (tertiary/aromatic N) is 1. The second kappa shape index (κ2) is 6.17. The van der Waals surface area contributed by atoms with Gasteiger partial charge in [-0.15, -0.1) is 0 Å². The molecule has 0 unspecified atom stereocenters. The van der Waals surface area contributed by atoms with E-state index in [0.717, 1.165) is 11.3 Å². The Balaban J connectivity index is 2.18. The molecule has 3 rings (SSSR count). The second-order valence-corrected chi connectivity index (χ2v) is 6.10. The summed E-state index contributed by atoms with van der Waals surface area (Å²) in [7, 11) is 0. The fourth-order valence-corrected chi connectivity index (χ4v) is 3.03. The van der Waals surface area contributed by atoms with E-state index in [2.05, 4.69) is 0 Å². The number of fused-ring (bicyclic) bond motifs is 1. The number of hydrogen-bond donors (Lipinski definition) is 2. The summed E-state index contributed by atoms with van der Waals surface area (Å²) in [6.45, 7) is 2.24. The third-order valence-corrected chi connectivity index (χ3v) is 4.36. The first-order chi connectivity index (χ1) is 11.4. The number of carboxylic acid groups (broad SMARTS) is 1. The first kappa shape index (κ1) is 16.3. The van der Waals surface area contributed by atoms with Gasteiger partial charge in [0, 0.05) is 28.7 Å². The highest BCUT2D eigenvalue weighted by Crippen LogP contribution is 2.32. The summed E-state index contributed by atoms with van der Waals surface area (Å²) < 4.78 is 15.7. The van der Waals surface area contributed by atoms with Crippen molar-refractivity contribution in [3.8, 4) is 5.75 Å². The van der Waals surface area contributed by atoms with E-state index >= 15 is 0 Å². The predicted molar refractivity (Wildman–Crippen MR) is 90.2 cm³/mol. The summed E-state index contributed by atoms with van der Waals surface area (Å²) in [6.07, 6.45) is -0.193. The summed E-state index contributed by atoms with van der Waals surface area (Å²) in [5.41, 5.74) is 2.80. The van der Waals surface area contributed by atoms with Crippen molar-refractivity contribution >= 4 is 28.5 Å². The average Bonchev–Trinajstić information content (AvgIpc) is 2.75. The molecule has 0 bridgehead atoms. The summed E-state index contributed by atoms with van der Waals surface area (Å²) >= 11 is 5.89. The van der Waals surface area contributed by atoms with Crippen molar-refractivity contribution in [1.82, 2.24) is 4.57 Å². The number of carboxylic acids is 1. The Bertz CT molecular complexity index is 932. The number of hydrogen-bond acceptors (Lipinski definition) is 2. The molecule has 3 aromatic rings. The second-order valence-electron chi connectivity index (χ2n) is 5.67. The molecule has 1 aromatic heterocycles. The summed E-state index contributed by atoms with van der Waals surface area (Å²) in [6, 6.07) is 9.78. The van der Waals surface area contributed by atoms with Gasteiger partial charge in [-0.1, -0.05) is 23.7 Å². The lowest BCUT2D eigenvalue weighted by Gasteiger charge is -2.09. The van der Waals surface area contributed by atoms with Gasteiger partial charge in [-0.05, 0) is 36.2 Å². The van der Waals surface area contributed by atoms with Crippen molar-refractivity contribution in [3.05, 3.63) is 64.1 Å². The summed E-state index contributed by atoms with van der Waals surface area (Å²) in [5.74, 6) is -2.20. The van der Waals surface area contributed by atoms with Crippen LogP contribution in [0.2, 0.25) is 5.02 Å². The zero-order valence-electron chi connectivity index (χ0n) is 12.9. The third kappa shape index (κ3) is 2.95. The van der Waals surface area contributed by atoms with E-state index in [1.807, 2.05) is 16.7 Å². The lowest BCUT2D eigenvalue weighted by atomic mass is 10.1. The number of phenolic OH excluding ortho intramolecular Hbond substituents is 1. The van der Waals surface area contributed by atoms with E-state index in [0.29, 0.717) is 28.0 Å². The van der Waals surface area contributed by atoms with Crippen LogP contribution < -0.4 is 0 Å². The predicted octanol–water partition coefficient (Wildman–Crippen LogP) is 4.12. The topological polar surface area (TPSA) is 62.5 Å². The van der Waals surface area contributed by atoms with Gasteiger partial charge in [0.25, 0.3) is 0 Å². The minimum absolute atomic E-state index is 0.193. The van der Waals surface area contributed by atoms with E-state index in [1.54, 1.807) is 19.1 Å². The van der Waals surface area contributed by atoms with Gasteiger partial charge in [0.2, 0.25) is 0 Å². The van der Waals surface area contributed by atoms with Crippen LogP contribution in [-0.4, -0.2) is 20.7 Å². The maximum Gasteiger partial charge on any atom is 0.307 e. The van der Waals surface area contributed by atoms with Gasteiger partial charge in [0.05, 0.1) is 11.9 Å². The molecule has 0 aliphatic carbocycles. The molecule has 0 aliphatic heterocycles. The molecule has 24 heavy (non-hydrogen) atoms. The van der Waals surface area contributed by atoms with Crippen molar-refractivity contribution < 1.29 is 19.4 Å². The molecule has 0 atom stereocenters. The number of aromatic nitrogens is 1. The lowest BCUT2D eigenvalue weighted by molar-refractivity contribution is -0.136. The number of rotatable bonds is 4. The maximum atomic E-state index is 13.8. The minimum atomic E-state index is -0.979. The quantitative estimate of drug-likeness (QED) is 0.746. The molecular weight excluding hydrogens is 333 g/mol. The molecule has 0 spiro atoms. The molecule has 124 valence electrons. The molecule has 0 radical (unpaired) electrons. The number of carbonyl (C=O) groups is 1. The normalized spacial score (nSPS) is 11.1. The van der Waals surface area contributed by atoms with Crippen molar-refractivity contribution in [2.75, 3.05) is 0 Å². The molecule has 0 amide bonds. The van der Waals surface area contributed by atoms with Gasteiger partial charge in [0.15, 0.2) is 11.6 Å². The Kier molecular flexibility index (Phi) is 4.20. The third-order valence-electron chi connectivity index (χ3n) is 4.10. The molecular formula is C18H15ClFNO3. The molecule has 2 aromatic carbocycles. The number of phenols is 1. The maximum absolute atomic E-state index is 13.8. The van der Waals surface area contributed by atoms with Crippen LogP contribution in [-0.2, 0) is 17.8 Å². The van der Waals surface area contributed by atoms with E-state index in [-0.39, 0.29) is 6.42 Å². The van der Waals surface area contributed by atoms with Crippen LogP contribution in [0.4, 0.5) is 4.39 Å². The monoisotopic (exact) mass is 347 g/mol. The van der Waals surface area contributed by atoms with Crippen LogP contribution in [0.1, 0.15) is 16.8 Å². The Morgan fingerprint density at radius 2 is 1.92 bits per heavy atom. The van der Waals surface area contributed by atoms with Crippen molar-refractivity contribution in [2.45, 2.75) is 19.9 Å². The van der Waals surface area contributed by atoms with Crippen LogP contribution in [0.15, 0.2) is 36.4 Å². The summed E-state index contributed by atoms with van der Waals surface area (Å²) in [4.78, 5) is 11.2. The van der Waals surface area contributed by atoms with Crippen LogP contribution in [0.25, 0.3) is 10.9 Å². The minimum Gasteiger partial charge on any atom is -0.505 e. The van der Waals surface area contributed by atoms with Crippen molar-refractivity contribution in [2.24, 2.45) is 0 Å². The molecule has 0 aliphatic rings. The van der Waals surface area contributed by atoms with E-state index in [1.165, 1.54) is 12.1 Å². The number of aliphatic carboxylic acids is 1. The van der Waals surface area contributed by atoms with Gasteiger partial charge in [-0.2, -0.15) is 0 Å². The summed E-state index contributed by atoms with van der Waals surface area (Å²) in [5, 5.41) is 20.0. The Morgan fingerprint density at radius 3 is 2.54 bits per heavy atom. The zero-order valence-corrected chi connectivity index (χ0v) is 13.6. The number of halogens is 2. The number of aromatic hydroxyl groups is 1. The first-order valence-corrected chi connectivity index (χ1v) is 7.71. The van der Waals surface area contributed by atoms with Crippen molar-refractivity contribution in [3.63, 3.8) is 0 Å². The highest BCUT2D eigenvalue weighted by Gasteiger charge is 2.19. The van der Waals surface area contributed by atoms with Crippen LogP contribution >= 0.6 is 11.6 Å². The van der Waals surface area contributed by atoms with Gasteiger partial charge >= 0.3 is 5.97 Å².